The number of hydrogen-bond donors (Lipinski definition) is 1. The fourth-order valence-electron chi connectivity index (χ4n) is 2.03. The van der Waals surface area contributed by atoms with Crippen molar-refractivity contribution in [3.8, 4) is 0 Å². The molecule has 21 heavy (non-hydrogen) atoms. The molecule has 0 aliphatic rings. The van der Waals surface area contributed by atoms with Gasteiger partial charge in [0.15, 0.2) is 0 Å². The van der Waals surface area contributed by atoms with Gasteiger partial charge in [0.05, 0.1) is 17.9 Å². The number of benzene rings is 1. The maximum atomic E-state index is 13.0. The predicted octanol–water partition coefficient (Wildman–Crippen LogP) is 3.05. The van der Waals surface area contributed by atoms with Gasteiger partial charge in [-0.1, -0.05) is 26.0 Å². The van der Waals surface area contributed by atoms with Gasteiger partial charge in [0.25, 0.3) is 5.91 Å². The summed E-state index contributed by atoms with van der Waals surface area (Å²) in [5, 5.41) is 2.92. The first-order chi connectivity index (χ1) is 9.97. The maximum Gasteiger partial charge on any atom is 0.271 e. The van der Waals surface area contributed by atoms with Crippen molar-refractivity contribution in [1.82, 2.24) is 15.3 Å². The lowest BCUT2D eigenvalue weighted by Crippen LogP contribution is -2.32. The van der Waals surface area contributed by atoms with E-state index in [4.69, 9.17) is 0 Å². The molecule has 110 valence electrons. The van der Waals surface area contributed by atoms with Gasteiger partial charge in [0.1, 0.15) is 11.5 Å². The Morgan fingerprint density at radius 3 is 2.33 bits per heavy atom. The summed E-state index contributed by atoms with van der Waals surface area (Å²) in [6, 6.07) is 5.94. The largest absolute Gasteiger partial charge is 0.344 e. The van der Waals surface area contributed by atoms with Gasteiger partial charge in [0.2, 0.25) is 0 Å². The van der Waals surface area contributed by atoms with Gasteiger partial charge >= 0.3 is 0 Å². The molecular formula is C16H18FN3O. The number of amides is 1. The van der Waals surface area contributed by atoms with Gasteiger partial charge in [-0.15, -0.1) is 0 Å². The highest BCUT2D eigenvalue weighted by Crippen LogP contribution is 2.22. The van der Waals surface area contributed by atoms with Crippen molar-refractivity contribution in [1.29, 1.82) is 0 Å². The van der Waals surface area contributed by atoms with E-state index >= 15 is 0 Å². The van der Waals surface area contributed by atoms with Crippen molar-refractivity contribution in [2.24, 2.45) is 5.92 Å². The number of halogens is 1. The number of carbonyl (C=O) groups is 1. The van der Waals surface area contributed by atoms with Gasteiger partial charge in [-0.25, -0.2) is 9.37 Å². The average molecular weight is 287 g/mol. The van der Waals surface area contributed by atoms with Crippen LogP contribution in [0.25, 0.3) is 0 Å². The van der Waals surface area contributed by atoms with Crippen LogP contribution in [0.2, 0.25) is 0 Å². The van der Waals surface area contributed by atoms with Gasteiger partial charge in [-0.05, 0) is 30.5 Å². The molecule has 1 N–H and O–H groups in total. The van der Waals surface area contributed by atoms with Gasteiger partial charge < -0.3 is 5.32 Å². The van der Waals surface area contributed by atoms with Crippen molar-refractivity contribution < 1.29 is 9.18 Å². The summed E-state index contributed by atoms with van der Waals surface area (Å²) in [7, 11) is 0. The Hall–Kier alpha value is -2.30. The Bertz CT molecular complexity index is 608. The van der Waals surface area contributed by atoms with Crippen LogP contribution in [0, 0.1) is 18.7 Å². The molecule has 1 heterocycles. The van der Waals surface area contributed by atoms with Crippen molar-refractivity contribution >= 4 is 5.91 Å². The Balaban J connectivity index is 2.18. The second-order valence-electron chi connectivity index (χ2n) is 5.29. The van der Waals surface area contributed by atoms with Crippen LogP contribution in [0.5, 0.6) is 0 Å². The standard InChI is InChI=1S/C16H18FN3O/c1-10(2)15(12-4-6-13(17)7-5-12)20-16(21)14-9-18-11(3)8-19-14/h4-10,15H,1-3H3,(H,20,21). The summed E-state index contributed by atoms with van der Waals surface area (Å²) in [6.45, 7) is 5.80. The summed E-state index contributed by atoms with van der Waals surface area (Å²) >= 11 is 0. The molecule has 0 radical (unpaired) electrons. The Kier molecular flexibility index (Phi) is 4.62. The third-order valence-electron chi connectivity index (χ3n) is 3.20. The average Bonchev–Trinajstić information content (AvgIpc) is 2.46. The van der Waals surface area contributed by atoms with Crippen molar-refractivity contribution in [3.63, 3.8) is 0 Å². The third kappa shape index (κ3) is 3.84. The lowest BCUT2D eigenvalue weighted by Gasteiger charge is -2.22. The molecule has 0 aliphatic carbocycles. The van der Waals surface area contributed by atoms with E-state index in [1.165, 1.54) is 18.3 Å². The third-order valence-corrected chi connectivity index (χ3v) is 3.20. The van der Waals surface area contributed by atoms with E-state index in [1.54, 1.807) is 18.3 Å². The SMILES string of the molecule is Cc1cnc(C(=O)NC(c2ccc(F)cc2)C(C)C)cn1. The zero-order valence-corrected chi connectivity index (χ0v) is 12.3. The second-order valence-corrected chi connectivity index (χ2v) is 5.29. The minimum absolute atomic E-state index is 0.165. The zero-order chi connectivity index (χ0) is 15.4. The maximum absolute atomic E-state index is 13.0. The number of hydrogen-bond acceptors (Lipinski definition) is 3. The van der Waals surface area contributed by atoms with Crippen molar-refractivity contribution in [3.05, 3.63) is 59.4 Å². The fraction of sp³-hybridized carbons (Fsp3) is 0.312. The number of nitrogens with one attached hydrogen (secondary N) is 1. The number of rotatable bonds is 4. The highest BCUT2D eigenvalue weighted by atomic mass is 19.1. The van der Waals surface area contributed by atoms with Crippen molar-refractivity contribution in [2.45, 2.75) is 26.8 Å². The minimum Gasteiger partial charge on any atom is -0.344 e. The summed E-state index contributed by atoms with van der Waals surface area (Å²) in [5.74, 6) is -0.416. The quantitative estimate of drug-likeness (QED) is 0.940. The topological polar surface area (TPSA) is 54.9 Å². The Morgan fingerprint density at radius 2 is 1.81 bits per heavy atom. The molecule has 1 amide bonds. The molecule has 0 fully saturated rings. The van der Waals surface area contributed by atoms with E-state index in [2.05, 4.69) is 15.3 Å². The molecule has 0 aliphatic heterocycles. The first kappa shape index (κ1) is 15.1. The van der Waals surface area contributed by atoms with Crippen LogP contribution in [0.1, 0.15) is 41.6 Å². The molecule has 0 spiro atoms. The molecular weight excluding hydrogens is 269 g/mol. The van der Waals surface area contributed by atoms with E-state index in [0.29, 0.717) is 0 Å². The van der Waals surface area contributed by atoms with E-state index in [0.717, 1.165) is 11.3 Å². The Labute approximate surface area is 123 Å². The number of aryl methyl sites for hydroxylation is 1. The van der Waals surface area contributed by atoms with Gasteiger partial charge in [0, 0.05) is 6.20 Å². The molecule has 1 atom stereocenters. The van der Waals surface area contributed by atoms with Gasteiger partial charge in [-0.3, -0.25) is 9.78 Å². The lowest BCUT2D eigenvalue weighted by atomic mass is 9.96. The van der Waals surface area contributed by atoms with Crippen LogP contribution in [-0.4, -0.2) is 15.9 Å². The molecule has 4 nitrogen and oxygen atoms in total. The number of carbonyl (C=O) groups excluding carboxylic acids is 1. The molecule has 5 heteroatoms. The molecule has 2 aromatic rings. The monoisotopic (exact) mass is 287 g/mol. The van der Waals surface area contributed by atoms with Crippen LogP contribution < -0.4 is 5.32 Å². The summed E-state index contributed by atoms with van der Waals surface area (Å²) in [6.07, 6.45) is 3.00. The molecule has 0 saturated carbocycles. The Morgan fingerprint density at radius 1 is 1.14 bits per heavy atom. The number of nitrogens with zero attached hydrogens (tertiary/aromatic N) is 2. The molecule has 0 bridgehead atoms. The molecule has 1 unspecified atom stereocenters. The molecule has 0 saturated heterocycles. The minimum atomic E-state index is -0.294. The van der Waals surface area contributed by atoms with Crippen LogP contribution in [0.4, 0.5) is 4.39 Å². The lowest BCUT2D eigenvalue weighted by molar-refractivity contribution is 0.0920. The highest BCUT2D eigenvalue weighted by Gasteiger charge is 2.20. The summed E-state index contributed by atoms with van der Waals surface area (Å²) < 4.78 is 13.0. The van der Waals surface area contributed by atoms with Crippen LogP contribution in [-0.2, 0) is 0 Å². The van der Waals surface area contributed by atoms with Crippen LogP contribution in [0.3, 0.4) is 0 Å². The van der Waals surface area contributed by atoms with Gasteiger partial charge in [-0.2, -0.15) is 0 Å². The molecule has 1 aromatic heterocycles. The summed E-state index contributed by atoms with van der Waals surface area (Å²) in [4.78, 5) is 20.4. The summed E-state index contributed by atoms with van der Waals surface area (Å²) in [5.41, 5.74) is 1.89. The molecule has 1 aromatic carbocycles. The first-order valence-electron chi connectivity index (χ1n) is 6.82. The smallest absolute Gasteiger partial charge is 0.271 e. The predicted molar refractivity (Wildman–Crippen MR) is 78.2 cm³/mol. The van der Waals surface area contributed by atoms with E-state index < -0.39 is 0 Å². The van der Waals surface area contributed by atoms with E-state index in [-0.39, 0.29) is 29.4 Å². The highest BCUT2D eigenvalue weighted by molar-refractivity contribution is 5.92. The van der Waals surface area contributed by atoms with Crippen molar-refractivity contribution in [2.75, 3.05) is 0 Å². The van der Waals surface area contributed by atoms with E-state index in [9.17, 15) is 9.18 Å². The zero-order valence-electron chi connectivity index (χ0n) is 12.3. The first-order valence-corrected chi connectivity index (χ1v) is 6.82. The second kappa shape index (κ2) is 6.43. The number of aromatic nitrogens is 2. The van der Waals surface area contributed by atoms with E-state index in [1.807, 2.05) is 20.8 Å². The van der Waals surface area contributed by atoms with Crippen LogP contribution >= 0.6 is 0 Å². The normalized spacial score (nSPS) is 12.2. The van der Waals surface area contributed by atoms with Crippen LogP contribution in [0.15, 0.2) is 36.7 Å². The fourth-order valence-corrected chi connectivity index (χ4v) is 2.03. The molecule has 2 rings (SSSR count).